The molecule has 0 atom stereocenters. The normalized spacial score (nSPS) is 10.4. The zero-order chi connectivity index (χ0) is 16.7. The van der Waals surface area contributed by atoms with Gasteiger partial charge in [0.1, 0.15) is 17.5 Å². The molecule has 0 aliphatic carbocycles. The lowest BCUT2D eigenvalue weighted by Gasteiger charge is -2.12. The van der Waals surface area contributed by atoms with Gasteiger partial charge in [0.2, 0.25) is 5.95 Å². The molecule has 1 aromatic heterocycles. The predicted octanol–water partition coefficient (Wildman–Crippen LogP) is 2.89. The van der Waals surface area contributed by atoms with Gasteiger partial charge in [0.25, 0.3) is 0 Å². The number of nitrogen functional groups attached to an aromatic ring is 2. The highest BCUT2D eigenvalue weighted by atomic mass is 16.5. The van der Waals surface area contributed by atoms with E-state index < -0.39 is 0 Å². The summed E-state index contributed by atoms with van der Waals surface area (Å²) in [5, 5.41) is 9.33. The molecule has 6 nitrogen and oxygen atoms in total. The molecule has 0 aliphatic heterocycles. The SMILES string of the molecule is CCCCCOCc1ccccc1-c1nc(N)nc(N)c1C#N. The summed E-state index contributed by atoms with van der Waals surface area (Å²) in [6.45, 7) is 3.32. The van der Waals surface area contributed by atoms with Gasteiger partial charge in [-0.2, -0.15) is 10.2 Å². The Morgan fingerprint density at radius 2 is 1.96 bits per heavy atom. The Morgan fingerprint density at radius 3 is 2.70 bits per heavy atom. The molecule has 6 heteroatoms. The van der Waals surface area contributed by atoms with Crippen molar-refractivity contribution in [3.8, 4) is 17.3 Å². The van der Waals surface area contributed by atoms with Crippen LogP contribution in [0.25, 0.3) is 11.3 Å². The first kappa shape index (κ1) is 16.7. The molecule has 0 fully saturated rings. The van der Waals surface area contributed by atoms with Crippen molar-refractivity contribution in [3.63, 3.8) is 0 Å². The van der Waals surface area contributed by atoms with Gasteiger partial charge in [-0.3, -0.25) is 0 Å². The van der Waals surface area contributed by atoms with E-state index in [9.17, 15) is 5.26 Å². The number of ether oxygens (including phenoxy) is 1. The highest BCUT2D eigenvalue weighted by Gasteiger charge is 2.15. The number of anilines is 2. The van der Waals surface area contributed by atoms with Crippen molar-refractivity contribution in [1.82, 2.24) is 9.97 Å². The molecule has 0 bridgehead atoms. The minimum absolute atomic E-state index is 0.0511. The number of benzene rings is 1. The summed E-state index contributed by atoms with van der Waals surface area (Å²) in [5.74, 6) is 0.142. The summed E-state index contributed by atoms with van der Waals surface area (Å²) in [6, 6.07) is 9.69. The monoisotopic (exact) mass is 311 g/mol. The molecule has 1 heterocycles. The van der Waals surface area contributed by atoms with E-state index in [1.165, 1.54) is 0 Å². The van der Waals surface area contributed by atoms with Crippen LogP contribution in [0.1, 0.15) is 37.3 Å². The smallest absolute Gasteiger partial charge is 0.222 e. The zero-order valence-corrected chi connectivity index (χ0v) is 13.2. The summed E-state index contributed by atoms with van der Waals surface area (Å²) >= 11 is 0. The topological polar surface area (TPSA) is 111 Å². The van der Waals surface area contributed by atoms with Crippen LogP contribution in [-0.4, -0.2) is 16.6 Å². The fraction of sp³-hybridized carbons (Fsp3) is 0.353. The van der Waals surface area contributed by atoms with E-state index in [1.807, 2.05) is 24.3 Å². The van der Waals surface area contributed by atoms with Crippen LogP contribution in [0.4, 0.5) is 11.8 Å². The average Bonchev–Trinajstić information content (AvgIpc) is 2.54. The number of unbranched alkanes of at least 4 members (excludes halogenated alkanes) is 2. The van der Waals surface area contributed by atoms with Gasteiger partial charge in [-0.25, -0.2) is 4.98 Å². The molecule has 1 aromatic carbocycles. The quantitative estimate of drug-likeness (QED) is 0.760. The number of nitrogens with zero attached hydrogens (tertiary/aromatic N) is 3. The van der Waals surface area contributed by atoms with Gasteiger partial charge in [-0.1, -0.05) is 44.0 Å². The van der Waals surface area contributed by atoms with Gasteiger partial charge in [-0.15, -0.1) is 0 Å². The third-order valence-corrected chi connectivity index (χ3v) is 3.49. The van der Waals surface area contributed by atoms with Gasteiger partial charge >= 0.3 is 0 Å². The molecular formula is C17H21N5O. The van der Waals surface area contributed by atoms with E-state index in [0.29, 0.717) is 18.9 Å². The lowest BCUT2D eigenvalue weighted by Crippen LogP contribution is -2.06. The van der Waals surface area contributed by atoms with Gasteiger partial charge in [0.05, 0.1) is 12.3 Å². The van der Waals surface area contributed by atoms with Crippen LogP contribution in [0.5, 0.6) is 0 Å². The molecule has 0 saturated carbocycles. The van der Waals surface area contributed by atoms with Crippen LogP contribution < -0.4 is 11.5 Å². The Kier molecular flexibility index (Phi) is 5.89. The second kappa shape index (κ2) is 8.11. The Bertz CT molecular complexity index is 709. The van der Waals surface area contributed by atoms with Crippen LogP contribution >= 0.6 is 0 Å². The molecule has 0 amide bonds. The highest BCUT2D eigenvalue weighted by molar-refractivity contribution is 5.75. The standard InChI is InChI=1S/C17H21N5O/c1-2-3-6-9-23-11-12-7-4-5-8-13(12)15-14(10-18)16(19)22-17(20)21-15/h4-5,7-8H,2-3,6,9,11H2,1H3,(H4,19,20,21,22). The van der Waals surface area contributed by atoms with Gasteiger partial charge in [0.15, 0.2) is 0 Å². The first-order valence-corrected chi connectivity index (χ1v) is 7.66. The second-order valence-electron chi connectivity index (χ2n) is 5.22. The van der Waals surface area contributed by atoms with Crippen molar-refractivity contribution in [2.75, 3.05) is 18.1 Å². The maximum absolute atomic E-state index is 9.33. The summed E-state index contributed by atoms with van der Waals surface area (Å²) in [4.78, 5) is 8.05. The lowest BCUT2D eigenvalue weighted by atomic mass is 10.0. The lowest BCUT2D eigenvalue weighted by molar-refractivity contribution is 0.117. The van der Waals surface area contributed by atoms with Crippen molar-refractivity contribution in [3.05, 3.63) is 35.4 Å². The maximum atomic E-state index is 9.33. The van der Waals surface area contributed by atoms with Crippen molar-refractivity contribution < 1.29 is 4.74 Å². The molecule has 0 spiro atoms. The van der Waals surface area contributed by atoms with Gasteiger partial charge < -0.3 is 16.2 Å². The Hall–Kier alpha value is -2.65. The molecular weight excluding hydrogens is 290 g/mol. The van der Waals surface area contributed by atoms with E-state index in [-0.39, 0.29) is 17.3 Å². The van der Waals surface area contributed by atoms with Crippen LogP contribution in [0.2, 0.25) is 0 Å². The van der Waals surface area contributed by atoms with Gasteiger partial charge in [0, 0.05) is 12.2 Å². The van der Waals surface area contributed by atoms with Crippen LogP contribution in [0.3, 0.4) is 0 Å². The van der Waals surface area contributed by atoms with Gasteiger partial charge in [-0.05, 0) is 12.0 Å². The fourth-order valence-corrected chi connectivity index (χ4v) is 2.31. The minimum Gasteiger partial charge on any atom is -0.382 e. The van der Waals surface area contributed by atoms with E-state index in [0.717, 1.165) is 30.4 Å². The van der Waals surface area contributed by atoms with E-state index >= 15 is 0 Å². The summed E-state index contributed by atoms with van der Waals surface area (Å²) < 4.78 is 5.73. The number of rotatable bonds is 7. The van der Waals surface area contributed by atoms with Crippen molar-refractivity contribution >= 4 is 11.8 Å². The number of aromatic nitrogens is 2. The Morgan fingerprint density at radius 1 is 1.17 bits per heavy atom. The van der Waals surface area contributed by atoms with E-state index in [4.69, 9.17) is 16.2 Å². The first-order chi connectivity index (χ1) is 11.2. The molecule has 23 heavy (non-hydrogen) atoms. The molecule has 2 aromatic rings. The number of hydrogen-bond acceptors (Lipinski definition) is 6. The fourth-order valence-electron chi connectivity index (χ4n) is 2.31. The Balaban J connectivity index is 2.29. The molecule has 0 aliphatic rings. The summed E-state index contributed by atoms with van der Waals surface area (Å²) in [5.41, 5.74) is 13.9. The van der Waals surface area contributed by atoms with Crippen molar-refractivity contribution in [2.45, 2.75) is 32.8 Å². The molecule has 4 N–H and O–H groups in total. The summed E-state index contributed by atoms with van der Waals surface area (Å²) in [7, 11) is 0. The number of hydrogen-bond donors (Lipinski definition) is 2. The van der Waals surface area contributed by atoms with Crippen LogP contribution in [0, 0.1) is 11.3 Å². The minimum atomic E-state index is 0.0511. The molecule has 2 rings (SSSR count). The highest BCUT2D eigenvalue weighted by Crippen LogP contribution is 2.28. The largest absolute Gasteiger partial charge is 0.382 e. The third kappa shape index (κ3) is 4.18. The van der Waals surface area contributed by atoms with E-state index in [2.05, 4.69) is 23.0 Å². The van der Waals surface area contributed by atoms with Crippen LogP contribution in [-0.2, 0) is 11.3 Å². The number of nitrogens with two attached hydrogens (primary N) is 2. The Labute approximate surface area is 136 Å². The molecule has 120 valence electrons. The second-order valence-corrected chi connectivity index (χ2v) is 5.22. The molecule has 0 saturated heterocycles. The molecule has 0 radical (unpaired) electrons. The van der Waals surface area contributed by atoms with E-state index in [1.54, 1.807) is 0 Å². The third-order valence-electron chi connectivity index (χ3n) is 3.49. The summed E-state index contributed by atoms with van der Waals surface area (Å²) in [6.07, 6.45) is 3.35. The van der Waals surface area contributed by atoms with Crippen molar-refractivity contribution in [2.24, 2.45) is 0 Å². The maximum Gasteiger partial charge on any atom is 0.222 e. The zero-order valence-electron chi connectivity index (χ0n) is 13.2. The van der Waals surface area contributed by atoms with Crippen LogP contribution in [0.15, 0.2) is 24.3 Å². The number of nitriles is 1. The average molecular weight is 311 g/mol. The molecule has 0 unspecified atom stereocenters. The van der Waals surface area contributed by atoms with Crippen molar-refractivity contribution in [1.29, 1.82) is 5.26 Å². The predicted molar refractivity (Wildman–Crippen MR) is 90.2 cm³/mol. The first-order valence-electron chi connectivity index (χ1n) is 7.66.